The number of ether oxygens (including phenoxy) is 2. The largest absolute Gasteiger partial charge is 0.462 e. The van der Waals surface area contributed by atoms with Crippen LogP contribution in [0.2, 0.25) is 0 Å². The number of rotatable bonds is 9. The molecule has 0 amide bonds. The van der Waals surface area contributed by atoms with Gasteiger partial charge in [0.25, 0.3) is 6.47 Å². The molecule has 1 aromatic carbocycles. The monoisotopic (exact) mass is 484 g/mol. The molecule has 33 heavy (non-hydrogen) atoms. The van der Waals surface area contributed by atoms with Crippen molar-refractivity contribution in [3.8, 4) is 0 Å². The lowest BCUT2D eigenvalue weighted by Gasteiger charge is -2.30. The highest BCUT2D eigenvalue weighted by molar-refractivity contribution is 7.41. The summed E-state index contributed by atoms with van der Waals surface area (Å²) in [6.07, 6.45) is 0.793. The van der Waals surface area contributed by atoms with Gasteiger partial charge in [0.05, 0.1) is 23.7 Å². The molecule has 0 N–H and O–H groups in total. The summed E-state index contributed by atoms with van der Waals surface area (Å²) in [6, 6.07) is 9.70. The molecule has 1 aromatic rings. The first-order chi connectivity index (χ1) is 15.1. The smallest absolute Gasteiger partial charge is 0.333 e. The van der Waals surface area contributed by atoms with Crippen LogP contribution in [0.1, 0.15) is 74.3 Å². The van der Waals surface area contributed by atoms with Gasteiger partial charge in [0.1, 0.15) is 12.2 Å². The van der Waals surface area contributed by atoms with Crippen LogP contribution in [0.25, 0.3) is 0 Å². The molecule has 0 spiro atoms. The molecule has 0 aromatic heterocycles. The van der Waals surface area contributed by atoms with Crippen molar-refractivity contribution in [2.24, 2.45) is 11.8 Å². The summed E-state index contributed by atoms with van der Waals surface area (Å²) >= 11 is 0. The number of hydrogen-bond donors (Lipinski definition) is 0. The predicted molar refractivity (Wildman–Crippen MR) is 129 cm³/mol. The molecule has 8 heteroatoms. The van der Waals surface area contributed by atoms with Gasteiger partial charge in [0.2, 0.25) is 0 Å². The Morgan fingerprint density at radius 1 is 0.939 bits per heavy atom. The third-order valence-electron chi connectivity index (χ3n) is 3.94. The van der Waals surface area contributed by atoms with E-state index in [2.05, 4.69) is 4.74 Å². The maximum atomic E-state index is 12.2. The van der Waals surface area contributed by atoms with Crippen molar-refractivity contribution in [3.63, 3.8) is 0 Å². The number of esters is 1. The molecule has 2 rings (SSSR count). The molecule has 1 saturated carbocycles. The summed E-state index contributed by atoms with van der Waals surface area (Å²) in [4.78, 5) is 21.8. The van der Waals surface area contributed by atoms with Crippen LogP contribution in [-0.4, -0.2) is 35.9 Å². The third kappa shape index (κ3) is 15.1. The van der Waals surface area contributed by atoms with Crippen LogP contribution in [0, 0.1) is 11.8 Å². The van der Waals surface area contributed by atoms with E-state index in [1.165, 1.54) is 0 Å². The quantitative estimate of drug-likeness (QED) is 0.235. The van der Waals surface area contributed by atoms with Crippen molar-refractivity contribution in [2.75, 3.05) is 6.61 Å². The van der Waals surface area contributed by atoms with Gasteiger partial charge < -0.3 is 23.0 Å². The zero-order chi connectivity index (χ0) is 25.3. The van der Waals surface area contributed by atoms with Crippen LogP contribution >= 0.6 is 8.60 Å². The molecule has 1 aliphatic rings. The topological polar surface area (TPSA) is 80.3 Å². The minimum Gasteiger partial charge on any atom is -0.462 e. The van der Waals surface area contributed by atoms with Crippen molar-refractivity contribution in [3.05, 3.63) is 35.9 Å². The highest BCUT2D eigenvalue weighted by atomic mass is 31.2. The molecule has 1 fully saturated rings. The lowest BCUT2D eigenvalue weighted by molar-refractivity contribution is -0.147. The Kier molecular flexibility index (Phi) is 11.4. The number of carbonyl (C=O) groups is 2. The van der Waals surface area contributed by atoms with Crippen molar-refractivity contribution in [2.45, 2.75) is 92.1 Å². The Bertz CT molecular complexity index is 701. The molecule has 0 bridgehead atoms. The Labute approximate surface area is 200 Å². The van der Waals surface area contributed by atoms with E-state index in [4.69, 9.17) is 18.3 Å². The minimum atomic E-state index is -1.46. The fourth-order valence-electron chi connectivity index (χ4n) is 2.38. The summed E-state index contributed by atoms with van der Waals surface area (Å²) in [7, 11) is -1.46. The summed E-state index contributed by atoms with van der Waals surface area (Å²) < 4.78 is 27.6. The van der Waals surface area contributed by atoms with Gasteiger partial charge in [-0.3, -0.25) is 9.59 Å². The minimum absolute atomic E-state index is 0.0835. The molecular weight excluding hydrogens is 443 g/mol. The average molecular weight is 485 g/mol. The van der Waals surface area contributed by atoms with Crippen LogP contribution in [-0.2, 0) is 39.2 Å². The van der Waals surface area contributed by atoms with Gasteiger partial charge in [0.15, 0.2) is 0 Å². The lowest BCUT2D eigenvalue weighted by Crippen LogP contribution is -2.23. The Morgan fingerprint density at radius 3 is 1.91 bits per heavy atom. The second-order valence-corrected chi connectivity index (χ2v) is 12.0. The van der Waals surface area contributed by atoms with E-state index in [0.29, 0.717) is 19.7 Å². The number of benzene rings is 1. The van der Waals surface area contributed by atoms with E-state index in [-0.39, 0.29) is 34.6 Å². The van der Waals surface area contributed by atoms with Crippen LogP contribution in [0.15, 0.2) is 30.3 Å². The van der Waals surface area contributed by atoms with Crippen LogP contribution in [0.5, 0.6) is 0 Å². The van der Waals surface area contributed by atoms with E-state index >= 15 is 0 Å². The van der Waals surface area contributed by atoms with Gasteiger partial charge in [-0.15, -0.1) is 0 Å². The third-order valence-corrected chi connectivity index (χ3v) is 5.70. The fourth-order valence-corrected chi connectivity index (χ4v) is 3.73. The molecule has 0 heterocycles. The molecule has 0 radical (unpaired) electrons. The van der Waals surface area contributed by atoms with Gasteiger partial charge in [-0.1, -0.05) is 30.3 Å². The number of carbonyl (C=O) groups excluding carboxylic acids is 2. The maximum absolute atomic E-state index is 12.2. The zero-order valence-electron chi connectivity index (χ0n) is 21.5. The van der Waals surface area contributed by atoms with Crippen LogP contribution in [0.4, 0.5) is 0 Å². The van der Waals surface area contributed by atoms with Gasteiger partial charge in [-0.2, -0.15) is 0 Å². The zero-order valence-corrected chi connectivity index (χ0v) is 22.4. The normalized spacial score (nSPS) is 18.2. The molecule has 0 saturated heterocycles. The van der Waals surface area contributed by atoms with E-state index in [9.17, 15) is 9.59 Å². The highest BCUT2D eigenvalue weighted by Gasteiger charge is 2.45. The van der Waals surface area contributed by atoms with Gasteiger partial charge in [-0.05, 0) is 80.2 Å². The molecule has 1 aliphatic carbocycles. The van der Waals surface area contributed by atoms with Gasteiger partial charge in [0, 0.05) is 0 Å². The second-order valence-electron chi connectivity index (χ2n) is 10.9. The van der Waals surface area contributed by atoms with E-state index in [1.807, 2.05) is 92.6 Å². The van der Waals surface area contributed by atoms with Crippen molar-refractivity contribution in [1.82, 2.24) is 0 Å². The van der Waals surface area contributed by atoms with E-state index in [0.717, 1.165) is 12.0 Å². The molecule has 188 valence electrons. The Hall–Kier alpha value is -1.53. The van der Waals surface area contributed by atoms with E-state index < -0.39 is 8.60 Å². The summed E-state index contributed by atoms with van der Waals surface area (Å²) in [6.45, 7) is 18.5. The second kappa shape index (κ2) is 12.8. The fraction of sp³-hybridized carbons (Fsp3) is 0.680. The summed E-state index contributed by atoms with van der Waals surface area (Å²) in [5.41, 5.74) is -0.0277. The molecule has 2 atom stereocenters. The van der Waals surface area contributed by atoms with Gasteiger partial charge in [-0.25, -0.2) is 0 Å². The van der Waals surface area contributed by atoms with Crippen LogP contribution < -0.4 is 0 Å². The van der Waals surface area contributed by atoms with Crippen molar-refractivity contribution < 1.29 is 32.6 Å². The standard InChI is InChI=1S/C20H31O5P.C5H10O2/c1-19(2,3)24-26(25-20(4,5)6)23-14-16-12-17(16)18(21)22-13-15-10-8-7-9-11-15;1-5(2,3)7-4-6/h7-11,16-17H,12-14H2,1-6H3;4H,1-3H3. The van der Waals surface area contributed by atoms with Crippen molar-refractivity contribution in [1.29, 1.82) is 0 Å². The van der Waals surface area contributed by atoms with Crippen LogP contribution in [0.3, 0.4) is 0 Å². The highest BCUT2D eigenvalue weighted by Crippen LogP contribution is 2.50. The van der Waals surface area contributed by atoms with E-state index in [1.54, 1.807) is 0 Å². The Morgan fingerprint density at radius 2 is 1.48 bits per heavy atom. The average Bonchev–Trinajstić information content (AvgIpc) is 3.42. The predicted octanol–water partition coefficient (Wildman–Crippen LogP) is 6.20. The molecule has 7 nitrogen and oxygen atoms in total. The first kappa shape index (κ1) is 29.5. The maximum Gasteiger partial charge on any atom is 0.333 e. The lowest BCUT2D eigenvalue weighted by atomic mass is 10.2. The molecular formula is C25H41O7P. The number of hydrogen-bond acceptors (Lipinski definition) is 7. The Balaban J connectivity index is 0.000000675. The first-order valence-electron chi connectivity index (χ1n) is 11.2. The molecule has 2 unspecified atom stereocenters. The first-order valence-corrected chi connectivity index (χ1v) is 12.3. The SMILES string of the molecule is CC(C)(C)OC=O.CC(C)(C)OP(OCC1CC1C(=O)OCc1ccccc1)OC(C)(C)C. The summed E-state index contributed by atoms with van der Waals surface area (Å²) in [5.74, 6) is -0.0597. The molecule has 0 aliphatic heterocycles. The van der Waals surface area contributed by atoms with Gasteiger partial charge >= 0.3 is 14.6 Å². The van der Waals surface area contributed by atoms with Crippen molar-refractivity contribution >= 4 is 21.0 Å². The summed E-state index contributed by atoms with van der Waals surface area (Å²) in [5, 5.41) is 0.